The summed E-state index contributed by atoms with van der Waals surface area (Å²) in [6, 6.07) is 6.94. The number of anilines is 1. The molecule has 1 amide bonds. The summed E-state index contributed by atoms with van der Waals surface area (Å²) in [5, 5.41) is 3.33. The highest BCUT2D eigenvalue weighted by Crippen LogP contribution is 2.36. The molecule has 2 heterocycles. The molecule has 1 saturated carbocycles. The Bertz CT molecular complexity index is 772. The highest BCUT2D eigenvalue weighted by molar-refractivity contribution is 5.89. The lowest BCUT2D eigenvalue weighted by atomic mass is 9.95. The highest BCUT2D eigenvalue weighted by atomic mass is 16.5. The number of rotatable bonds is 6. The van der Waals surface area contributed by atoms with Gasteiger partial charge < -0.3 is 19.9 Å². The Labute approximate surface area is 175 Å². The van der Waals surface area contributed by atoms with Crippen molar-refractivity contribution >= 4 is 17.2 Å². The van der Waals surface area contributed by atoms with Crippen LogP contribution in [0.1, 0.15) is 50.7 Å². The van der Waals surface area contributed by atoms with Crippen LogP contribution in [0.2, 0.25) is 0 Å². The van der Waals surface area contributed by atoms with Crippen molar-refractivity contribution in [1.29, 1.82) is 0 Å². The minimum Gasteiger partial charge on any atom is -0.371 e. The molecule has 0 spiro atoms. The standard InChI is InChI=1S/C24H35N3O2/c1-4-19(22-18(2)8-7-9-21(22)26-13-5-6-14-26)16-27(20-10-11-20)23(28)24(3)17-25-12-15-29-24/h4,7-9,20,25H,5-6,10-17H2,1-3H3/b19-4-. The van der Waals surface area contributed by atoms with Gasteiger partial charge in [-0.1, -0.05) is 18.2 Å². The van der Waals surface area contributed by atoms with Crippen molar-refractivity contribution in [3.63, 3.8) is 0 Å². The van der Waals surface area contributed by atoms with Crippen LogP contribution in [-0.4, -0.2) is 61.8 Å². The number of aryl methyl sites for hydroxylation is 1. The fraction of sp³-hybridized carbons (Fsp3) is 0.625. The van der Waals surface area contributed by atoms with Crippen molar-refractivity contribution in [3.05, 3.63) is 35.4 Å². The maximum Gasteiger partial charge on any atom is 0.256 e. The zero-order valence-corrected chi connectivity index (χ0v) is 18.2. The van der Waals surface area contributed by atoms with Gasteiger partial charge in [0.2, 0.25) is 0 Å². The quantitative estimate of drug-likeness (QED) is 0.799. The number of ether oxygens (including phenoxy) is 1. The first kappa shape index (κ1) is 20.4. The number of nitrogens with zero attached hydrogens (tertiary/aromatic N) is 2. The normalized spacial score (nSPS) is 25.3. The second-order valence-electron chi connectivity index (χ2n) is 8.90. The number of hydrogen-bond donors (Lipinski definition) is 1. The van der Waals surface area contributed by atoms with E-state index in [4.69, 9.17) is 4.74 Å². The smallest absolute Gasteiger partial charge is 0.256 e. The van der Waals surface area contributed by atoms with Crippen molar-refractivity contribution < 1.29 is 9.53 Å². The van der Waals surface area contributed by atoms with E-state index in [0.29, 0.717) is 25.7 Å². The van der Waals surface area contributed by atoms with Crippen LogP contribution in [0.25, 0.3) is 5.57 Å². The second kappa shape index (κ2) is 8.49. The summed E-state index contributed by atoms with van der Waals surface area (Å²) in [6.07, 6.45) is 6.91. The maximum absolute atomic E-state index is 13.5. The number of hydrogen-bond acceptors (Lipinski definition) is 4. The van der Waals surface area contributed by atoms with Gasteiger partial charge in [-0.2, -0.15) is 0 Å². The summed E-state index contributed by atoms with van der Waals surface area (Å²) in [7, 11) is 0. The van der Waals surface area contributed by atoms with Crippen LogP contribution >= 0.6 is 0 Å². The molecule has 1 aliphatic carbocycles. The molecule has 1 aromatic rings. The van der Waals surface area contributed by atoms with E-state index in [9.17, 15) is 4.79 Å². The third-order valence-electron chi connectivity index (χ3n) is 6.57. The zero-order valence-electron chi connectivity index (χ0n) is 18.2. The molecule has 1 unspecified atom stereocenters. The van der Waals surface area contributed by atoms with E-state index in [1.54, 1.807) is 0 Å². The van der Waals surface area contributed by atoms with Gasteiger partial charge in [-0.15, -0.1) is 0 Å². The van der Waals surface area contributed by atoms with Crippen LogP contribution in [0, 0.1) is 6.92 Å². The first-order valence-corrected chi connectivity index (χ1v) is 11.2. The van der Waals surface area contributed by atoms with E-state index >= 15 is 0 Å². The Kier molecular flexibility index (Phi) is 5.98. The van der Waals surface area contributed by atoms with Crippen LogP contribution in [0.5, 0.6) is 0 Å². The summed E-state index contributed by atoms with van der Waals surface area (Å²) >= 11 is 0. The molecule has 2 saturated heterocycles. The van der Waals surface area contributed by atoms with E-state index in [-0.39, 0.29) is 5.91 Å². The summed E-state index contributed by atoms with van der Waals surface area (Å²) in [5.41, 5.74) is 4.40. The molecule has 1 N–H and O–H groups in total. The Balaban J connectivity index is 1.62. The number of carbonyl (C=O) groups is 1. The lowest BCUT2D eigenvalue weighted by molar-refractivity contribution is -0.159. The summed E-state index contributed by atoms with van der Waals surface area (Å²) in [4.78, 5) is 18.1. The van der Waals surface area contributed by atoms with E-state index in [2.05, 4.69) is 53.2 Å². The van der Waals surface area contributed by atoms with E-state index in [1.807, 2.05) is 6.92 Å². The molecular formula is C24H35N3O2. The Morgan fingerprint density at radius 2 is 2.10 bits per heavy atom. The van der Waals surface area contributed by atoms with Crippen LogP contribution in [0.4, 0.5) is 5.69 Å². The lowest BCUT2D eigenvalue weighted by Crippen LogP contribution is -2.58. The minimum atomic E-state index is -0.761. The number of amides is 1. The lowest BCUT2D eigenvalue weighted by Gasteiger charge is -2.38. The fourth-order valence-corrected chi connectivity index (χ4v) is 4.71. The van der Waals surface area contributed by atoms with Gasteiger partial charge in [0.25, 0.3) is 5.91 Å². The van der Waals surface area contributed by atoms with Gasteiger partial charge in [-0.25, -0.2) is 0 Å². The SMILES string of the molecule is C/C=C(/CN(C(=O)C1(C)CNCCO1)C1CC1)c1c(C)cccc1N1CCCC1. The predicted molar refractivity (Wildman–Crippen MR) is 118 cm³/mol. The van der Waals surface area contributed by atoms with E-state index in [0.717, 1.165) is 32.5 Å². The third-order valence-corrected chi connectivity index (χ3v) is 6.57. The highest BCUT2D eigenvalue weighted by Gasteiger charge is 2.44. The van der Waals surface area contributed by atoms with Crippen molar-refractivity contribution in [3.8, 4) is 0 Å². The van der Waals surface area contributed by atoms with Crippen LogP contribution < -0.4 is 10.2 Å². The van der Waals surface area contributed by atoms with Crippen molar-refractivity contribution in [2.24, 2.45) is 0 Å². The molecule has 0 aromatic heterocycles. The molecule has 0 bridgehead atoms. The second-order valence-corrected chi connectivity index (χ2v) is 8.90. The van der Waals surface area contributed by atoms with Gasteiger partial charge in [-0.3, -0.25) is 4.79 Å². The fourth-order valence-electron chi connectivity index (χ4n) is 4.71. The van der Waals surface area contributed by atoms with Crippen molar-refractivity contribution in [1.82, 2.24) is 10.2 Å². The number of carbonyl (C=O) groups excluding carboxylic acids is 1. The van der Waals surface area contributed by atoms with Crippen LogP contribution in [0.3, 0.4) is 0 Å². The first-order chi connectivity index (χ1) is 14.0. The molecule has 2 aliphatic heterocycles. The summed E-state index contributed by atoms with van der Waals surface area (Å²) < 4.78 is 5.95. The monoisotopic (exact) mass is 397 g/mol. The zero-order chi connectivity index (χ0) is 20.4. The largest absolute Gasteiger partial charge is 0.371 e. The molecule has 29 heavy (non-hydrogen) atoms. The van der Waals surface area contributed by atoms with E-state index < -0.39 is 5.60 Å². The van der Waals surface area contributed by atoms with Gasteiger partial charge in [0, 0.05) is 50.0 Å². The molecule has 5 heteroatoms. The molecule has 158 valence electrons. The van der Waals surface area contributed by atoms with Crippen molar-refractivity contribution in [2.75, 3.05) is 44.2 Å². The van der Waals surface area contributed by atoms with E-state index in [1.165, 1.54) is 35.2 Å². The maximum atomic E-state index is 13.5. The van der Waals surface area contributed by atoms with Gasteiger partial charge in [0.1, 0.15) is 0 Å². The molecule has 3 aliphatic rings. The van der Waals surface area contributed by atoms with Gasteiger partial charge in [0.15, 0.2) is 5.60 Å². The summed E-state index contributed by atoms with van der Waals surface area (Å²) in [5.74, 6) is 0.128. The summed E-state index contributed by atoms with van der Waals surface area (Å²) in [6.45, 7) is 11.1. The first-order valence-electron chi connectivity index (χ1n) is 11.2. The van der Waals surface area contributed by atoms with Gasteiger partial charge in [0.05, 0.1) is 6.61 Å². The Hall–Kier alpha value is -1.85. The number of benzene rings is 1. The molecule has 5 nitrogen and oxygen atoms in total. The molecular weight excluding hydrogens is 362 g/mol. The molecule has 4 rings (SSSR count). The molecule has 3 fully saturated rings. The van der Waals surface area contributed by atoms with Crippen LogP contribution in [-0.2, 0) is 9.53 Å². The van der Waals surface area contributed by atoms with Crippen molar-refractivity contribution in [2.45, 2.75) is 58.1 Å². The Morgan fingerprint density at radius 1 is 1.34 bits per heavy atom. The molecule has 1 atom stereocenters. The molecule has 1 aromatic carbocycles. The minimum absolute atomic E-state index is 0.128. The van der Waals surface area contributed by atoms with Gasteiger partial charge >= 0.3 is 0 Å². The number of morpholine rings is 1. The Morgan fingerprint density at radius 3 is 2.72 bits per heavy atom. The topological polar surface area (TPSA) is 44.8 Å². The average molecular weight is 398 g/mol. The number of allylic oxidation sites excluding steroid dienone is 1. The van der Waals surface area contributed by atoms with Gasteiger partial charge in [-0.05, 0) is 63.7 Å². The number of nitrogens with one attached hydrogen (secondary N) is 1. The van der Waals surface area contributed by atoms with Crippen LogP contribution in [0.15, 0.2) is 24.3 Å². The molecule has 0 radical (unpaired) electrons. The predicted octanol–water partition coefficient (Wildman–Crippen LogP) is 3.37. The third kappa shape index (κ3) is 4.22. The average Bonchev–Trinajstić information content (AvgIpc) is 3.42.